The standard InChI is InChI=1S/C24H36O5S/c1-7-22(5)12-18(29-19(27)13-30-16(4)25)23(6)14(2)8-10-24(15(3)21(22)28)11-9-17(26)20(23)24/h7,14-15,18,20-21,28H,1,8-13H2,2-6H3/t14?,15-,18+,20-,21-,22+,23-,24-/m0/s1. The third-order valence-corrected chi connectivity index (χ3v) is 9.76. The van der Waals surface area contributed by atoms with Gasteiger partial charge in [0.1, 0.15) is 11.9 Å². The second kappa shape index (κ2) is 8.09. The molecule has 3 rings (SSSR count). The lowest BCUT2D eigenvalue weighted by Gasteiger charge is -2.61. The van der Waals surface area contributed by atoms with Gasteiger partial charge in [0.05, 0.1) is 11.9 Å². The highest BCUT2D eigenvalue weighted by atomic mass is 32.2. The van der Waals surface area contributed by atoms with Gasteiger partial charge in [0.15, 0.2) is 5.12 Å². The summed E-state index contributed by atoms with van der Waals surface area (Å²) in [5.74, 6) is -0.314. The highest BCUT2D eigenvalue weighted by molar-refractivity contribution is 8.14. The van der Waals surface area contributed by atoms with Crippen molar-refractivity contribution in [2.45, 2.75) is 78.9 Å². The Balaban J connectivity index is 2.10. The van der Waals surface area contributed by atoms with Gasteiger partial charge in [-0.15, -0.1) is 6.58 Å². The van der Waals surface area contributed by atoms with Crippen molar-refractivity contribution in [3.05, 3.63) is 12.7 Å². The Morgan fingerprint density at radius 3 is 2.57 bits per heavy atom. The molecule has 0 saturated heterocycles. The minimum atomic E-state index is -0.672. The van der Waals surface area contributed by atoms with E-state index in [1.54, 1.807) is 6.08 Å². The average molecular weight is 437 g/mol. The molecule has 3 aliphatic rings. The van der Waals surface area contributed by atoms with Crippen molar-refractivity contribution in [3.63, 3.8) is 0 Å². The number of rotatable bonds is 4. The molecule has 8 atom stereocenters. The molecule has 6 heteroatoms. The van der Waals surface area contributed by atoms with Crippen LogP contribution in [0.5, 0.6) is 0 Å². The van der Waals surface area contributed by atoms with Crippen molar-refractivity contribution in [2.24, 2.45) is 34.0 Å². The van der Waals surface area contributed by atoms with Crippen molar-refractivity contribution in [2.75, 3.05) is 5.75 Å². The van der Waals surface area contributed by atoms with Gasteiger partial charge in [-0.25, -0.2) is 0 Å². The number of thioether (sulfide) groups is 1. The summed E-state index contributed by atoms with van der Waals surface area (Å²) >= 11 is 0.936. The van der Waals surface area contributed by atoms with E-state index in [2.05, 4.69) is 27.4 Å². The van der Waals surface area contributed by atoms with Gasteiger partial charge in [0, 0.05) is 30.1 Å². The van der Waals surface area contributed by atoms with Crippen molar-refractivity contribution < 1.29 is 24.2 Å². The monoisotopic (exact) mass is 436 g/mol. The Kier molecular flexibility index (Phi) is 6.34. The number of carbonyl (C=O) groups excluding carboxylic acids is 3. The van der Waals surface area contributed by atoms with Gasteiger partial charge in [-0.1, -0.05) is 45.5 Å². The van der Waals surface area contributed by atoms with Crippen LogP contribution >= 0.6 is 11.8 Å². The molecule has 3 saturated carbocycles. The Morgan fingerprint density at radius 1 is 1.30 bits per heavy atom. The van der Waals surface area contributed by atoms with Crippen LogP contribution in [0.1, 0.15) is 66.7 Å². The van der Waals surface area contributed by atoms with Crippen LogP contribution < -0.4 is 0 Å². The number of Topliss-reactive ketones (excluding diaryl/α,β-unsaturated/α-hetero) is 1. The van der Waals surface area contributed by atoms with Crippen LogP contribution in [-0.4, -0.2) is 39.9 Å². The maximum atomic E-state index is 13.3. The largest absolute Gasteiger partial charge is 0.461 e. The molecule has 3 fully saturated rings. The number of hydrogen-bond donors (Lipinski definition) is 1. The minimum Gasteiger partial charge on any atom is -0.461 e. The zero-order valence-corrected chi connectivity index (χ0v) is 19.7. The first-order chi connectivity index (χ1) is 13.9. The number of carbonyl (C=O) groups is 3. The maximum absolute atomic E-state index is 13.3. The van der Waals surface area contributed by atoms with Gasteiger partial charge >= 0.3 is 5.97 Å². The molecule has 5 nitrogen and oxygen atoms in total. The van der Waals surface area contributed by atoms with Crippen molar-refractivity contribution >= 4 is 28.6 Å². The summed E-state index contributed by atoms with van der Waals surface area (Å²) in [5, 5.41) is 11.3. The van der Waals surface area contributed by atoms with Crippen LogP contribution in [0, 0.1) is 34.0 Å². The van der Waals surface area contributed by atoms with Gasteiger partial charge in [-0.05, 0) is 42.9 Å². The predicted octanol–water partition coefficient (Wildman–Crippen LogP) is 4.17. The Morgan fingerprint density at radius 2 is 1.97 bits per heavy atom. The molecule has 1 unspecified atom stereocenters. The molecule has 30 heavy (non-hydrogen) atoms. The van der Waals surface area contributed by atoms with Gasteiger partial charge in [0.25, 0.3) is 0 Å². The smallest absolute Gasteiger partial charge is 0.316 e. The molecule has 0 aliphatic heterocycles. The number of ether oxygens (including phenoxy) is 1. The third-order valence-electron chi connectivity index (χ3n) is 8.97. The normalized spacial score (nSPS) is 45.8. The summed E-state index contributed by atoms with van der Waals surface area (Å²) < 4.78 is 6.05. The van der Waals surface area contributed by atoms with Crippen LogP contribution in [0.25, 0.3) is 0 Å². The molecule has 0 radical (unpaired) electrons. The van der Waals surface area contributed by atoms with E-state index in [-0.39, 0.29) is 39.8 Å². The summed E-state index contributed by atoms with van der Waals surface area (Å²) in [6.07, 6.45) is 4.17. The molecule has 0 heterocycles. The lowest BCUT2D eigenvalue weighted by Crippen LogP contribution is -2.63. The summed E-state index contributed by atoms with van der Waals surface area (Å²) in [7, 11) is 0. The van der Waals surface area contributed by atoms with Crippen LogP contribution in [0.4, 0.5) is 0 Å². The third kappa shape index (κ3) is 3.48. The van der Waals surface area contributed by atoms with Gasteiger partial charge in [0.2, 0.25) is 0 Å². The summed E-state index contributed by atoms with van der Waals surface area (Å²) in [5.41, 5.74) is -1.43. The zero-order chi connectivity index (χ0) is 22.5. The first-order valence-corrected chi connectivity index (χ1v) is 12.1. The van der Waals surface area contributed by atoms with E-state index in [4.69, 9.17) is 4.74 Å². The zero-order valence-electron chi connectivity index (χ0n) is 18.9. The van der Waals surface area contributed by atoms with Crippen LogP contribution in [-0.2, 0) is 19.1 Å². The van der Waals surface area contributed by atoms with Gasteiger partial charge in [-0.2, -0.15) is 0 Å². The number of hydrogen-bond acceptors (Lipinski definition) is 6. The highest BCUT2D eigenvalue weighted by Gasteiger charge is 2.68. The van der Waals surface area contributed by atoms with Crippen molar-refractivity contribution in [1.82, 2.24) is 0 Å². The molecule has 0 aromatic heterocycles. The summed E-state index contributed by atoms with van der Waals surface area (Å²) in [6, 6.07) is 0. The van der Waals surface area contributed by atoms with E-state index in [1.165, 1.54) is 6.92 Å². The van der Waals surface area contributed by atoms with Crippen LogP contribution in [0.2, 0.25) is 0 Å². The second-order valence-electron chi connectivity index (χ2n) is 10.3. The highest BCUT2D eigenvalue weighted by Crippen LogP contribution is 2.67. The SMILES string of the molecule is C=C[C@]1(C)C[C@@H](OC(=O)CSC(C)=O)[C@]2(C)C(C)CC[C@]3(CCC(=O)[C@H]32)[C@@H](C)[C@@H]1O. The van der Waals surface area contributed by atoms with E-state index in [0.29, 0.717) is 12.8 Å². The molecule has 0 amide bonds. The fraction of sp³-hybridized carbons (Fsp3) is 0.792. The van der Waals surface area contributed by atoms with Crippen LogP contribution in [0.3, 0.4) is 0 Å². The Labute approximate surface area is 184 Å². The molecule has 0 aromatic rings. The molecule has 3 aliphatic carbocycles. The number of ketones is 1. The van der Waals surface area contributed by atoms with E-state index >= 15 is 0 Å². The fourth-order valence-electron chi connectivity index (χ4n) is 6.85. The van der Waals surface area contributed by atoms with Crippen molar-refractivity contribution in [3.8, 4) is 0 Å². The topological polar surface area (TPSA) is 80.7 Å². The molecule has 2 bridgehead atoms. The molecular formula is C24H36O5S. The van der Waals surface area contributed by atoms with E-state index < -0.39 is 29.0 Å². The molecular weight excluding hydrogens is 400 g/mol. The van der Waals surface area contributed by atoms with Crippen molar-refractivity contribution in [1.29, 1.82) is 0 Å². The van der Waals surface area contributed by atoms with E-state index in [1.807, 2.05) is 6.92 Å². The predicted molar refractivity (Wildman–Crippen MR) is 118 cm³/mol. The molecule has 0 aromatic carbocycles. The molecule has 0 spiro atoms. The Hall–Kier alpha value is -1.14. The fourth-order valence-corrected chi connectivity index (χ4v) is 7.24. The average Bonchev–Trinajstić information content (AvgIpc) is 3.05. The summed E-state index contributed by atoms with van der Waals surface area (Å²) in [4.78, 5) is 37.3. The summed E-state index contributed by atoms with van der Waals surface area (Å²) in [6.45, 7) is 13.8. The number of aliphatic hydroxyl groups is 1. The first-order valence-electron chi connectivity index (χ1n) is 11.1. The lowest BCUT2D eigenvalue weighted by molar-refractivity contribution is -0.205. The molecule has 1 N–H and O–H groups in total. The molecule has 168 valence electrons. The number of esters is 1. The second-order valence-corrected chi connectivity index (χ2v) is 11.5. The van der Waals surface area contributed by atoms with Gasteiger partial charge in [-0.3, -0.25) is 14.4 Å². The van der Waals surface area contributed by atoms with E-state index in [9.17, 15) is 19.5 Å². The minimum absolute atomic E-state index is 0.0379. The Bertz CT molecular complexity index is 750. The van der Waals surface area contributed by atoms with E-state index in [0.717, 1.165) is 31.0 Å². The number of aliphatic hydroxyl groups excluding tert-OH is 1. The quantitative estimate of drug-likeness (QED) is 0.526. The maximum Gasteiger partial charge on any atom is 0.316 e. The van der Waals surface area contributed by atoms with Crippen LogP contribution in [0.15, 0.2) is 12.7 Å². The first kappa shape index (κ1) is 23.5. The lowest BCUT2D eigenvalue weighted by atomic mass is 9.44. The van der Waals surface area contributed by atoms with Gasteiger partial charge < -0.3 is 9.84 Å².